The standard InChI is InChI=1S/C18H14F2N2OS/c19-14-6-2-1-5-13(14)18-21-12(11-24-18)9-10-17(23)22-16-8-4-3-7-15(16)20/h1-8,11H,9-10H2,(H,22,23). The van der Waals surface area contributed by atoms with Gasteiger partial charge in [0.05, 0.1) is 11.4 Å². The molecule has 0 fully saturated rings. The number of carbonyl (C=O) groups is 1. The van der Waals surface area contributed by atoms with Crippen molar-refractivity contribution in [3.8, 4) is 10.6 Å². The lowest BCUT2D eigenvalue weighted by Crippen LogP contribution is -2.13. The summed E-state index contributed by atoms with van der Waals surface area (Å²) in [6.45, 7) is 0. The highest BCUT2D eigenvalue weighted by molar-refractivity contribution is 7.13. The van der Waals surface area contributed by atoms with Crippen LogP contribution in [-0.4, -0.2) is 10.9 Å². The molecule has 0 aliphatic carbocycles. The summed E-state index contributed by atoms with van der Waals surface area (Å²) < 4.78 is 27.2. The van der Waals surface area contributed by atoms with Gasteiger partial charge in [-0.2, -0.15) is 0 Å². The fourth-order valence-corrected chi connectivity index (χ4v) is 3.08. The molecule has 1 N–H and O–H groups in total. The highest BCUT2D eigenvalue weighted by Gasteiger charge is 2.11. The third-order valence-corrected chi connectivity index (χ3v) is 4.34. The SMILES string of the molecule is O=C(CCc1csc(-c2ccccc2F)n1)Nc1ccccc1F. The average Bonchev–Trinajstić information content (AvgIpc) is 3.04. The van der Waals surface area contributed by atoms with Crippen molar-refractivity contribution >= 4 is 22.9 Å². The monoisotopic (exact) mass is 344 g/mol. The minimum atomic E-state index is -0.471. The molecule has 122 valence electrons. The van der Waals surface area contributed by atoms with Gasteiger partial charge in [0.15, 0.2) is 0 Å². The molecule has 3 aromatic rings. The molecule has 1 aromatic heterocycles. The molecule has 0 bridgehead atoms. The van der Waals surface area contributed by atoms with E-state index in [1.54, 1.807) is 35.7 Å². The van der Waals surface area contributed by atoms with E-state index in [2.05, 4.69) is 10.3 Å². The first-order valence-corrected chi connectivity index (χ1v) is 8.25. The number of anilines is 1. The lowest BCUT2D eigenvalue weighted by Gasteiger charge is -2.05. The van der Waals surface area contributed by atoms with E-state index in [1.807, 2.05) is 0 Å². The van der Waals surface area contributed by atoms with Crippen molar-refractivity contribution in [3.05, 3.63) is 71.2 Å². The normalized spacial score (nSPS) is 10.6. The number of nitrogens with one attached hydrogen (secondary N) is 1. The van der Waals surface area contributed by atoms with Crippen molar-refractivity contribution < 1.29 is 13.6 Å². The Morgan fingerprint density at radius 2 is 1.75 bits per heavy atom. The summed E-state index contributed by atoms with van der Waals surface area (Å²) in [5.74, 6) is -1.09. The molecule has 1 amide bonds. The second kappa shape index (κ2) is 7.31. The van der Waals surface area contributed by atoms with Crippen LogP contribution in [0.1, 0.15) is 12.1 Å². The second-order valence-corrected chi connectivity index (χ2v) is 6.01. The van der Waals surface area contributed by atoms with Crippen molar-refractivity contribution in [1.29, 1.82) is 0 Å². The van der Waals surface area contributed by atoms with Gasteiger partial charge in [0.25, 0.3) is 0 Å². The predicted octanol–water partition coefficient (Wildman–Crippen LogP) is 4.66. The summed E-state index contributed by atoms with van der Waals surface area (Å²) in [7, 11) is 0. The fraction of sp³-hybridized carbons (Fsp3) is 0.111. The number of benzene rings is 2. The quantitative estimate of drug-likeness (QED) is 0.731. The number of carbonyl (C=O) groups excluding carboxylic acids is 1. The first kappa shape index (κ1) is 16.3. The van der Waals surface area contributed by atoms with Crippen LogP contribution in [0.25, 0.3) is 10.6 Å². The maximum absolute atomic E-state index is 13.7. The Labute approximate surface area is 142 Å². The van der Waals surface area contributed by atoms with Crippen LogP contribution in [0, 0.1) is 11.6 Å². The van der Waals surface area contributed by atoms with Crippen LogP contribution >= 0.6 is 11.3 Å². The number of aryl methyl sites for hydroxylation is 1. The van der Waals surface area contributed by atoms with Gasteiger partial charge in [0.1, 0.15) is 16.6 Å². The van der Waals surface area contributed by atoms with Crippen LogP contribution in [-0.2, 0) is 11.2 Å². The molecule has 2 aromatic carbocycles. The van der Waals surface area contributed by atoms with E-state index >= 15 is 0 Å². The van der Waals surface area contributed by atoms with E-state index in [0.717, 1.165) is 0 Å². The van der Waals surface area contributed by atoms with E-state index in [0.29, 0.717) is 22.7 Å². The summed E-state index contributed by atoms with van der Waals surface area (Å²) in [4.78, 5) is 16.3. The molecule has 1 heterocycles. The molecule has 3 nitrogen and oxygen atoms in total. The van der Waals surface area contributed by atoms with Crippen LogP contribution in [0.2, 0.25) is 0 Å². The average molecular weight is 344 g/mol. The molecule has 0 aliphatic heterocycles. The zero-order valence-electron chi connectivity index (χ0n) is 12.6. The van der Waals surface area contributed by atoms with Crippen LogP contribution in [0.4, 0.5) is 14.5 Å². The molecule has 0 atom stereocenters. The molecule has 0 spiro atoms. The maximum atomic E-state index is 13.7. The van der Waals surface area contributed by atoms with Gasteiger partial charge in [0, 0.05) is 17.4 Å². The maximum Gasteiger partial charge on any atom is 0.224 e. The van der Waals surface area contributed by atoms with Gasteiger partial charge in [-0.25, -0.2) is 13.8 Å². The van der Waals surface area contributed by atoms with Crippen molar-refractivity contribution in [2.24, 2.45) is 0 Å². The summed E-state index contributed by atoms with van der Waals surface area (Å²) in [6.07, 6.45) is 0.583. The highest BCUT2D eigenvalue weighted by Crippen LogP contribution is 2.26. The number of para-hydroxylation sites is 1. The minimum absolute atomic E-state index is 0.160. The molecule has 3 rings (SSSR count). The topological polar surface area (TPSA) is 42.0 Å². The van der Waals surface area contributed by atoms with E-state index < -0.39 is 5.82 Å². The molecular formula is C18H14F2N2OS. The number of nitrogens with zero attached hydrogens (tertiary/aromatic N) is 1. The molecule has 6 heteroatoms. The first-order chi connectivity index (χ1) is 11.6. The van der Waals surface area contributed by atoms with Gasteiger partial charge in [-0.15, -0.1) is 11.3 Å². The number of rotatable bonds is 5. The Morgan fingerprint density at radius 3 is 2.50 bits per heavy atom. The number of hydrogen-bond acceptors (Lipinski definition) is 3. The number of thiazole rings is 1. The van der Waals surface area contributed by atoms with E-state index in [-0.39, 0.29) is 23.8 Å². The van der Waals surface area contributed by atoms with Crippen molar-refractivity contribution in [1.82, 2.24) is 4.98 Å². The third kappa shape index (κ3) is 3.83. The van der Waals surface area contributed by atoms with Crippen molar-refractivity contribution in [2.75, 3.05) is 5.32 Å². The molecular weight excluding hydrogens is 330 g/mol. The van der Waals surface area contributed by atoms with Crippen LogP contribution in [0.5, 0.6) is 0 Å². The molecule has 0 unspecified atom stereocenters. The van der Waals surface area contributed by atoms with Crippen LogP contribution < -0.4 is 5.32 Å². The van der Waals surface area contributed by atoms with Crippen molar-refractivity contribution in [2.45, 2.75) is 12.8 Å². The lowest BCUT2D eigenvalue weighted by molar-refractivity contribution is -0.116. The second-order valence-electron chi connectivity index (χ2n) is 5.15. The number of aromatic nitrogens is 1. The number of hydrogen-bond donors (Lipinski definition) is 1. The third-order valence-electron chi connectivity index (χ3n) is 3.41. The summed E-state index contributed by atoms with van der Waals surface area (Å²) in [5, 5.41) is 4.91. The molecule has 0 saturated heterocycles. The van der Waals surface area contributed by atoms with E-state index in [9.17, 15) is 13.6 Å². The Balaban J connectivity index is 1.61. The van der Waals surface area contributed by atoms with Gasteiger partial charge in [-0.3, -0.25) is 4.79 Å². The van der Waals surface area contributed by atoms with E-state index in [1.165, 1.54) is 29.5 Å². The molecule has 24 heavy (non-hydrogen) atoms. The predicted molar refractivity (Wildman–Crippen MR) is 90.9 cm³/mol. The summed E-state index contributed by atoms with van der Waals surface area (Å²) >= 11 is 1.33. The minimum Gasteiger partial charge on any atom is -0.324 e. The Morgan fingerprint density at radius 1 is 1.04 bits per heavy atom. The Hall–Kier alpha value is -2.60. The van der Waals surface area contributed by atoms with Gasteiger partial charge < -0.3 is 5.32 Å². The molecule has 0 aliphatic rings. The van der Waals surface area contributed by atoms with E-state index in [4.69, 9.17) is 0 Å². The van der Waals surface area contributed by atoms with Crippen molar-refractivity contribution in [3.63, 3.8) is 0 Å². The van der Waals surface area contributed by atoms with Gasteiger partial charge in [0.2, 0.25) is 5.91 Å². The smallest absolute Gasteiger partial charge is 0.224 e. The molecule has 0 saturated carbocycles. The first-order valence-electron chi connectivity index (χ1n) is 7.37. The zero-order valence-corrected chi connectivity index (χ0v) is 13.4. The Kier molecular flexibility index (Phi) is 4.96. The number of amides is 1. The lowest BCUT2D eigenvalue weighted by atomic mass is 10.2. The Bertz CT molecular complexity index is 863. The molecule has 0 radical (unpaired) electrons. The van der Waals surface area contributed by atoms with Gasteiger partial charge in [-0.05, 0) is 30.7 Å². The highest BCUT2D eigenvalue weighted by atomic mass is 32.1. The summed E-state index contributed by atoms with van der Waals surface area (Å²) in [6, 6.07) is 12.4. The van der Waals surface area contributed by atoms with Crippen LogP contribution in [0.3, 0.4) is 0 Å². The van der Waals surface area contributed by atoms with Crippen LogP contribution in [0.15, 0.2) is 53.9 Å². The number of halogens is 2. The largest absolute Gasteiger partial charge is 0.324 e. The zero-order chi connectivity index (χ0) is 16.9. The van der Waals surface area contributed by atoms with Gasteiger partial charge in [-0.1, -0.05) is 24.3 Å². The van der Waals surface area contributed by atoms with Gasteiger partial charge >= 0.3 is 0 Å². The fourth-order valence-electron chi connectivity index (χ4n) is 2.20. The summed E-state index contributed by atoms with van der Waals surface area (Å²) in [5.41, 5.74) is 1.32.